The highest BCUT2D eigenvalue weighted by Gasteiger charge is 2.47. The second kappa shape index (κ2) is 8.94. The zero-order chi connectivity index (χ0) is 21.8. The topological polar surface area (TPSA) is 41.6 Å². The van der Waals surface area contributed by atoms with E-state index in [4.69, 9.17) is 4.74 Å². The fourth-order valence-electron chi connectivity index (χ4n) is 3.92. The molecule has 3 aromatic rings. The van der Waals surface area contributed by atoms with E-state index in [0.29, 0.717) is 12.2 Å². The number of likely N-dealkylation sites (N-methyl/N-ethyl adjacent to an activating group) is 1. The monoisotopic (exact) mass is 414 g/mol. The SMILES string of the molecule is Cc1ccc(OCCN(C)C)cc1C(=O)NC1(c2ccccc2-c2ccccc2)CC1. The van der Waals surface area contributed by atoms with Gasteiger partial charge in [-0.1, -0.05) is 60.7 Å². The maximum atomic E-state index is 13.3. The molecule has 31 heavy (non-hydrogen) atoms. The smallest absolute Gasteiger partial charge is 0.252 e. The van der Waals surface area contributed by atoms with Crippen LogP contribution in [0.15, 0.2) is 72.8 Å². The van der Waals surface area contributed by atoms with Crippen molar-refractivity contribution in [3.8, 4) is 16.9 Å². The van der Waals surface area contributed by atoms with E-state index in [1.54, 1.807) is 0 Å². The largest absolute Gasteiger partial charge is 0.492 e. The van der Waals surface area contributed by atoms with Gasteiger partial charge >= 0.3 is 0 Å². The second-order valence-corrected chi connectivity index (χ2v) is 8.58. The van der Waals surface area contributed by atoms with Gasteiger partial charge in [0, 0.05) is 12.1 Å². The summed E-state index contributed by atoms with van der Waals surface area (Å²) in [7, 11) is 4.03. The van der Waals surface area contributed by atoms with Gasteiger partial charge in [-0.3, -0.25) is 4.79 Å². The van der Waals surface area contributed by atoms with Crippen LogP contribution >= 0.6 is 0 Å². The molecule has 1 N–H and O–H groups in total. The molecule has 1 aliphatic carbocycles. The van der Waals surface area contributed by atoms with E-state index in [1.807, 2.05) is 45.3 Å². The van der Waals surface area contributed by atoms with Crippen LogP contribution in [0.1, 0.15) is 34.3 Å². The lowest BCUT2D eigenvalue weighted by Gasteiger charge is -2.22. The minimum Gasteiger partial charge on any atom is -0.492 e. The number of nitrogens with one attached hydrogen (secondary N) is 1. The molecule has 0 saturated heterocycles. The Balaban J connectivity index is 1.56. The van der Waals surface area contributed by atoms with Crippen molar-refractivity contribution in [2.45, 2.75) is 25.3 Å². The zero-order valence-electron chi connectivity index (χ0n) is 18.5. The normalized spacial score (nSPS) is 14.3. The lowest BCUT2D eigenvalue weighted by atomic mass is 9.93. The molecule has 0 aromatic heterocycles. The quantitative estimate of drug-likeness (QED) is 0.563. The summed E-state index contributed by atoms with van der Waals surface area (Å²) in [5.74, 6) is 0.683. The first-order valence-corrected chi connectivity index (χ1v) is 10.8. The summed E-state index contributed by atoms with van der Waals surface area (Å²) in [6.07, 6.45) is 1.89. The van der Waals surface area contributed by atoms with E-state index in [-0.39, 0.29) is 11.4 Å². The highest BCUT2D eigenvalue weighted by atomic mass is 16.5. The van der Waals surface area contributed by atoms with Crippen LogP contribution < -0.4 is 10.1 Å². The number of hydrogen-bond donors (Lipinski definition) is 1. The van der Waals surface area contributed by atoms with E-state index in [1.165, 1.54) is 16.7 Å². The number of carbonyl (C=O) groups excluding carboxylic acids is 1. The lowest BCUT2D eigenvalue weighted by Crippen LogP contribution is -2.35. The molecular formula is C27H30N2O2. The van der Waals surface area contributed by atoms with E-state index >= 15 is 0 Å². The molecule has 0 unspecified atom stereocenters. The lowest BCUT2D eigenvalue weighted by molar-refractivity contribution is 0.0930. The number of aryl methyl sites for hydroxylation is 1. The molecule has 1 amide bonds. The number of hydrogen-bond acceptors (Lipinski definition) is 3. The molecule has 1 aliphatic rings. The third kappa shape index (κ3) is 4.80. The highest BCUT2D eigenvalue weighted by molar-refractivity contribution is 5.97. The average Bonchev–Trinajstić information content (AvgIpc) is 3.55. The van der Waals surface area contributed by atoms with Crippen LogP contribution in [-0.2, 0) is 5.54 Å². The Hall–Kier alpha value is -3.11. The van der Waals surface area contributed by atoms with Crippen LogP contribution in [0.4, 0.5) is 0 Å². The first kappa shape index (κ1) is 21.1. The van der Waals surface area contributed by atoms with Crippen molar-refractivity contribution in [1.29, 1.82) is 0 Å². The Morgan fingerprint density at radius 3 is 2.42 bits per heavy atom. The van der Waals surface area contributed by atoms with Crippen LogP contribution in [0.5, 0.6) is 5.75 Å². The molecule has 1 saturated carbocycles. The summed E-state index contributed by atoms with van der Waals surface area (Å²) in [6.45, 7) is 3.39. The molecule has 0 aliphatic heterocycles. The molecule has 4 nitrogen and oxygen atoms in total. The van der Waals surface area contributed by atoms with Gasteiger partial charge in [-0.25, -0.2) is 0 Å². The summed E-state index contributed by atoms with van der Waals surface area (Å²) in [5, 5.41) is 3.35. The van der Waals surface area contributed by atoms with Crippen LogP contribution in [-0.4, -0.2) is 38.1 Å². The van der Waals surface area contributed by atoms with Crippen LogP contribution in [0.3, 0.4) is 0 Å². The number of carbonyl (C=O) groups is 1. The zero-order valence-corrected chi connectivity index (χ0v) is 18.5. The molecule has 0 spiro atoms. The average molecular weight is 415 g/mol. The van der Waals surface area contributed by atoms with Crippen molar-refractivity contribution in [3.05, 3.63) is 89.5 Å². The third-order valence-electron chi connectivity index (χ3n) is 5.89. The number of ether oxygens (including phenoxy) is 1. The predicted octanol–water partition coefficient (Wildman–Crippen LogP) is 5.02. The highest BCUT2D eigenvalue weighted by Crippen LogP contribution is 2.49. The van der Waals surface area contributed by atoms with Crippen molar-refractivity contribution < 1.29 is 9.53 Å². The molecule has 4 heteroatoms. The molecule has 1 fully saturated rings. The van der Waals surface area contributed by atoms with Crippen molar-refractivity contribution in [1.82, 2.24) is 10.2 Å². The molecule has 160 valence electrons. The molecule has 3 aromatic carbocycles. The maximum Gasteiger partial charge on any atom is 0.252 e. The first-order chi connectivity index (χ1) is 15.0. The number of benzene rings is 3. The molecule has 0 radical (unpaired) electrons. The minimum absolute atomic E-state index is 0.0454. The van der Waals surface area contributed by atoms with Crippen molar-refractivity contribution >= 4 is 5.91 Å². The Labute approximate surface area is 184 Å². The summed E-state index contributed by atoms with van der Waals surface area (Å²) < 4.78 is 5.85. The maximum absolute atomic E-state index is 13.3. The van der Waals surface area contributed by atoms with Gasteiger partial charge in [-0.2, -0.15) is 0 Å². The molecular weight excluding hydrogens is 384 g/mol. The minimum atomic E-state index is -0.308. The Morgan fingerprint density at radius 2 is 1.71 bits per heavy atom. The van der Waals surface area contributed by atoms with Crippen LogP contribution in [0.25, 0.3) is 11.1 Å². The Kier molecular flexibility index (Phi) is 6.10. The summed E-state index contributed by atoms with van der Waals surface area (Å²) >= 11 is 0. The number of rotatable bonds is 8. The van der Waals surface area contributed by atoms with Gasteiger partial charge in [0.25, 0.3) is 5.91 Å². The van der Waals surface area contributed by atoms with Crippen LogP contribution in [0.2, 0.25) is 0 Å². The van der Waals surface area contributed by atoms with E-state index < -0.39 is 0 Å². The van der Waals surface area contributed by atoms with E-state index in [2.05, 4.69) is 58.7 Å². The summed E-state index contributed by atoms with van der Waals surface area (Å²) in [5.41, 5.74) is 4.85. The van der Waals surface area contributed by atoms with Gasteiger partial charge in [0.2, 0.25) is 0 Å². The molecule has 0 atom stereocenters. The summed E-state index contributed by atoms with van der Waals surface area (Å²) in [4.78, 5) is 15.4. The fraction of sp³-hybridized carbons (Fsp3) is 0.296. The van der Waals surface area contributed by atoms with E-state index in [9.17, 15) is 4.79 Å². The number of nitrogens with zero attached hydrogens (tertiary/aromatic N) is 1. The van der Waals surface area contributed by atoms with Crippen molar-refractivity contribution in [2.75, 3.05) is 27.2 Å². The Morgan fingerprint density at radius 1 is 1.00 bits per heavy atom. The summed E-state index contributed by atoms with van der Waals surface area (Å²) in [6, 6.07) is 24.5. The first-order valence-electron chi connectivity index (χ1n) is 10.8. The molecule has 4 rings (SSSR count). The van der Waals surface area contributed by atoms with Gasteiger partial charge in [0.15, 0.2) is 0 Å². The van der Waals surface area contributed by atoms with Gasteiger partial charge in [0.1, 0.15) is 12.4 Å². The third-order valence-corrected chi connectivity index (χ3v) is 5.89. The standard InChI is InChI=1S/C27H30N2O2/c1-20-13-14-22(31-18-17-29(2)3)19-24(20)26(30)28-27(15-16-27)25-12-8-7-11-23(25)21-9-5-4-6-10-21/h4-14,19H,15-18H2,1-3H3,(H,28,30). The van der Waals surface area contributed by atoms with Gasteiger partial charge in [0.05, 0.1) is 5.54 Å². The van der Waals surface area contributed by atoms with Crippen molar-refractivity contribution in [3.63, 3.8) is 0 Å². The van der Waals surface area contributed by atoms with Gasteiger partial charge in [-0.05, 0) is 68.2 Å². The van der Waals surface area contributed by atoms with Gasteiger partial charge < -0.3 is 15.0 Å². The molecule has 0 bridgehead atoms. The molecule has 0 heterocycles. The van der Waals surface area contributed by atoms with E-state index in [0.717, 1.165) is 30.7 Å². The Bertz CT molecular complexity index is 1060. The number of amides is 1. The fourth-order valence-corrected chi connectivity index (χ4v) is 3.92. The predicted molar refractivity (Wildman–Crippen MR) is 125 cm³/mol. The van der Waals surface area contributed by atoms with Crippen molar-refractivity contribution in [2.24, 2.45) is 0 Å². The van der Waals surface area contributed by atoms with Gasteiger partial charge in [-0.15, -0.1) is 0 Å². The second-order valence-electron chi connectivity index (χ2n) is 8.58. The van der Waals surface area contributed by atoms with Crippen LogP contribution in [0, 0.1) is 6.92 Å².